The molecule has 140 valence electrons. The number of anilines is 1. The van der Waals surface area contributed by atoms with Gasteiger partial charge in [0, 0.05) is 19.3 Å². The Labute approximate surface area is 151 Å². The van der Waals surface area contributed by atoms with Crippen LogP contribution in [0.25, 0.3) is 0 Å². The van der Waals surface area contributed by atoms with Gasteiger partial charge in [0.05, 0.1) is 17.2 Å². The number of ether oxygens (including phenoxy) is 1. The van der Waals surface area contributed by atoms with E-state index < -0.39 is 10.0 Å². The Bertz CT molecular complexity index is 708. The van der Waals surface area contributed by atoms with E-state index in [4.69, 9.17) is 4.74 Å². The number of pyridine rings is 1. The summed E-state index contributed by atoms with van der Waals surface area (Å²) in [4.78, 5) is 4.61. The molecule has 1 N–H and O–H groups in total. The Kier molecular flexibility index (Phi) is 4.85. The highest BCUT2D eigenvalue weighted by Crippen LogP contribution is 2.38. The number of hydrogen-bond acceptors (Lipinski definition) is 5. The molecular weight excluding hydrogens is 338 g/mol. The van der Waals surface area contributed by atoms with Gasteiger partial charge in [-0.15, -0.1) is 0 Å². The van der Waals surface area contributed by atoms with Crippen molar-refractivity contribution in [2.24, 2.45) is 0 Å². The molecule has 6 nitrogen and oxygen atoms in total. The fraction of sp³-hybridized carbons (Fsp3) is 0.722. The van der Waals surface area contributed by atoms with Crippen LogP contribution in [0.2, 0.25) is 0 Å². The Balaban J connectivity index is 1.72. The van der Waals surface area contributed by atoms with Gasteiger partial charge in [-0.1, -0.05) is 6.42 Å². The second-order valence-corrected chi connectivity index (χ2v) is 10.1. The topological polar surface area (TPSA) is 71.5 Å². The van der Waals surface area contributed by atoms with E-state index in [1.54, 1.807) is 16.4 Å². The zero-order valence-electron chi connectivity index (χ0n) is 15.6. The van der Waals surface area contributed by atoms with Crippen molar-refractivity contribution in [3.05, 3.63) is 18.3 Å². The minimum atomic E-state index is -3.43. The number of rotatable bonds is 4. The highest BCUT2D eigenvalue weighted by atomic mass is 32.2. The van der Waals surface area contributed by atoms with Crippen LogP contribution in [-0.4, -0.2) is 48.0 Å². The lowest BCUT2D eigenvalue weighted by Gasteiger charge is -2.28. The summed E-state index contributed by atoms with van der Waals surface area (Å²) in [5.74, 6) is 0.678. The highest BCUT2D eigenvalue weighted by Gasteiger charge is 2.46. The number of nitrogens with zero attached hydrogens (tertiary/aromatic N) is 2. The van der Waals surface area contributed by atoms with Gasteiger partial charge in [0.25, 0.3) is 0 Å². The molecule has 2 fully saturated rings. The summed E-state index contributed by atoms with van der Waals surface area (Å²) in [7, 11) is -3.43. The maximum atomic E-state index is 12.7. The van der Waals surface area contributed by atoms with Crippen molar-refractivity contribution in [2.75, 3.05) is 18.4 Å². The largest absolute Gasteiger partial charge is 0.367 e. The number of nitrogens with one attached hydrogen (secondary N) is 1. The van der Waals surface area contributed by atoms with Crippen LogP contribution in [0.5, 0.6) is 0 Å². The van der Waals surface area contributed by atoms with Crippen molar-refractivity contribution in [3.63, 3.8) is 0 Å². The van der Waals surface area contributed by atoms with Crippen molar-refractivity contribution in [1.29, 1.82) is 0 Å². The Morgan fingerprint density at radius 2 is 1.84 bits per heavy atom. The molecule has 1 unspecified atom stereocenters. The summed E-state index contributed by atoms with van der Waals surface area (Å²) < 4.78 is 33.0. The molecule has 3 heterocycles. The Hall–Kier alpha value is -1.18. The van der Waals surface area contributed by atoms with Gasteiger partial charge in [0.2, 0.25) is 10.0 Å². The molecule has 0 spiro atoms. The molecule has 1 aromatic heterocycles. The van der Waals surface area contributed by atoms with Gasteiger partial charge >= 0.3 is 0 Å². The molecule has 1 atom stereocenters. The summed E-state index contributed by atoms with van der Waals surface area (Å²) in [6, 6.07) is 3.52. The van der Waals surface area contributed by atoms with Gasteiger partial charge < -0.3 is 10.1 Å². The molecule has 2 saturated heterocycles. The van der Waals surface area contributed by atoms with Crippen LogP contribution < -0.4 is 5.32 Å². The second-order valence-electron chi connectivity index (χ2n) is 8.21. The standard InChI is InChI=1S/C18H29N3O3S/c1-17(2)12-15(18(3,4)24-17)20-16-9-8-14(13-19-16)25(22,23)21-10-6-5-7-11-21/h8-9,13,15H,5-7,10-12H2,1-4H3,(H,19,20). The second kappa shape index (κ2) is 6.52. The minimum absolute atomic E-state index is 0.125. The first-order valence-electron chi connectivity index (χ1n) is 9.03. The zero-order valence-corrected chi connectivity index (χ0v) is 16.4. The fourth-order valence-electron chi connectivity index (χ4n) is 3.84. The van der Waals surface area contributed by atoms with E-state index in [1.807, 2.05) is 0 Å². The third-order valence-electron chi connectivity index (χ3n) is 5.09. The summed E-state index contributed by atoms with van der Waals surface area (Å²) in [6.07, 6.45) is 5.29. The number of sulfonamides is 1. The third kappa shape index (κ3) is 3.99. The molecule has 0 aromatic carbocycles. The van der Waals surface area contributed by atoms with Crippen molar-refractivity contribution in [3.8, 4) is 0 Å². The normalized spacial score (nSPS) is 26.5. The summed E-state index contributed by atoms with van der Waals surface area (Å²) in [5.41, 5.74) is -0.484. The number of hydrogen-bond donors (Lipinski definition) is 1. The molecule has 7 heteroatoms. The van der Waals surface area contributed by atoms with Gasteiger partial charge in [-0.05, 0) is 59.1 Å². The molecule has 3 rings (SSSR count). The maximum Gasteiger partial charge on any atom is 0.244 e. The van der Waals surface area contributed by atoms with Crippen LogP contribution in [0, 0.1) is 0 Å². The van der Waals surface area contributed by atoms with Gasteiger partial charge in [0.1, 0.15) is 10.7 Å². The van der Waals surface area contributed by atoms with Crippen molar-refractivity contribution in [1.82, 2.24) is 9.29 Å². The molecule has 0 aliphatic carbocycles. The van der Waals surface area contributed by atoms with Crippen molar-refractivity contribution >= 4 is 15.8 Å². The average Bonchev–Trinajstić information content (AvgIpc) is 2.75. The first-order valence-corrected chi connectivity index (χ1v) is 10.5. The quantitative estimate of drug-likeness (QED) is 0.886. The van der Waals surface area contributed by atoms with Crippen molar-refractivity contribution in [2.45, 2.75) is 75.5 Å². The van der Waals surface area contributed by atoms with Crippen LogP contribution in [0.1, 0.15) is 53.4 Å². The lowest BCUT2D eigenvalue weighted by molar-refractivity contribution is -0.0662. The molecule has 1 aromatic rings. The highest BCUT2D eigenvalue weighted by molar-refractivity contribution is 7.89. The molecule has 25 heavy (non-hydrogen) atoms. The van der Waals surface area contributed by atoms with E-state index in [0.717, 1.165) is 25.7 Å². The van der Waals surface area contributed by atoms with Crippen molar-refractivity contribution < 1.29 is 13.2 Å². The molecule has 0 amide bonds. The monoisotopic (exact) mass is 367 g/mol. The summed E-state index contributed by atoms with van der Waals surface area (Å²) in [5, 5.41) is 3.40. The van der Waals surface area contributed by atoms with Gasteiger partial charge in [0.15, 0.2) is 0 Å². The predicted octanol–water partition coefficient (Wildman–Crippen LogP) is 3.01. The summed E-state index contributed by atoms with van der Waals surface area (Å²) >= 11 is 0. The fourth-order valence-corrected chi connectivity index (χ4v) is 5.30. The van der Waals surface area contributed by atoms with Crippen LogP contribution in [-0.2, 0) is 14.8 Å². The van der Waals surface area contributed by atoms with E-state index >= 15 is 0 Å². The molecule has 0 saturated carbocycles. The lowest BCUT2D eigenvalue weighted by atomic mass is 9.94. The van der Waals surface area contributed by atoms with E-state index in [9.17, 15) is 8.42 Å². The van der Waals surface area contributed by atoms with E-state index in [0.29, 0.717) is 18.9 Å². The van der Waals surface area contributed by atoms with E-state index in [1.165, 1.54) is 6.20 Å². The van der Waals surface area contributed by atoms with Gasteiger partial charge in [-0.3, -0.25) is 0 Å². The van der Waals surface area contributed by atoms with Gasteiger partial charge in [-0.2, -0.15) is 4.31 Å². The van der Waals surface area contributed by atoms with E-state index in [-0.39, 0.29) is 22.1 Å². The molecule has 2 aliphatic heterocycles. The molecule has 0 radical (unpaired) electrons. The molecule has 0 bridgehead atoms. The van der Waals surface area contributed by atoms with E-state index in [2.05, 4.69) is 38.0 Å². The molecule has 2 aliphatic rings. The first kappa shape index (κ1) is 18.6. The lowest BCUT2D eigenvalue weighted by Crippen LogP contribution is -2.38. The van der Waals surface area contributed by atoms with Crippen LogP contribution >= 0.6 is 0 Å². The minimum Gasteiger partial charge on any atom is -0.367 e. The van der Waals surface area contributed by atoms with Crippen LogP contribution in [0.4, 0.5) is 5.82 Å². The molecular formula is C18H29N3O3S. The Morgan fingerprint density at radius 3 is 2.36 bits per heavy atom. The predicted molar refractivity (Wildman–Crippen MR) is 98.1 cm³/mol. The van der Waals surface area contributed by atoms with Crippen LogP contribution in [0.3, 0.4) is 0 Å². The Morgan fingerprint density at radius 1 is 1.16 bits per heavy atom. The van der Waals surface area contributed by atoms with Crippen LogP contribution in [0.15, 0.2) is 23.2 Å². The third-order valence-corrected chi connectivity index (χ3v) is 6.97. The maximum absolute atomic E-state index is 12.7. The van der Waals surface area contributed by atoms with Gasteiger partial charge in [-0.25, -0.2) is 13.4 Å². The summed E-state index contributed by atoms with van der Waals surface area (Å²) in [6.45, 7) is 9.50. The SMILES string of the molecule is CC1(C)CC(Nc2ccc(S(=O)(=O)N3CCCCC3)cn2)C(C)(C)O1. The number of piperidine rings is 1. The average molecular weight is 368 g/mol. The number of aromatic nitrogens is 1. The zero-order chi connectivity index (χ0) is 18.3. The first-order chi connectivity index (χ1) is 11.6. The smallest absolute Gasteiger partial charge is 0.244 e.